The van der Waals surface area contributed by atoms with Gasteiger partial charge in [-0.15, -0.1) is 0 Å². The molecule has 0 saturated carbocycles. The average molecular weight is 908 g/mol. The third-order valence-corrected chi connectivity index (χ3v) is 7.74. The molecule has 1 atom stereocenters. The summed E-state index contributed by atoms with van der Waals surface area (Å²) in [6.07, 6.45) is 0.716. The molecule has 24 heteroatoms. The van der Waals surface area contributed by atoms with Gasteiger partial charge in [0.2, 0.25) is 52.6 Å². The second-order valence-corrected chi connectivity index (χ2v) is 12.7. The monoisotopic (exact) mass is 907 g/mol. The van der Waals surface area contributed by atoms with Crippen molar-refractivity contribution < 1.29 is 88.5 Å². The Morgan fingerprint density at radius 2 is 0.903 bits per heavy atom. The normalized spacial score (nSPS) is 11.7. The Labute approximate surface area is 357 Å². The highest BCUT2D eigenvalue weighted by Gasteiger charge is 2.28. The van der Waals surface area contributed by atoms with Gasteiger partial charge in [0, 0.05) is 32.6 Å². The van der Waals surface area contributed by atoms with Crippen LogP contribution >= 0.6 is 0 Å². The second kappa shape index (κ2) is 37.8. The van der Waals surface area contributed by atoms with E-state index in [9.17, 15) is 41.1 Å². The highest BCUT2D eigenvalue weighted by molar-refractivity contribution is 5.87. The molecule has 0 spiro atoms. The van der Waals surface area contributed by atoms with Crippen LogP contribution in [0, 0.1) is 29.1 Å². The van der Waals surface area contributed by atoms with Crippen LogP contribution in [-0.2, 0) is 61.8 Å². The molecule has 0 fully saturated rings. The Morgan fingerprint density at radius 3 is 1.42 bits per heavy atom. The molecule has 0 saturated heterocycles. The van der Waals surface area contributed by atoms with Gasteiger partial charge in [-0.05, 0) is 19.3 Å². The molecule has 1 unspecified atom stereocenters. The van der Waals surface area contributed by atoms with Crippen LogP contribution < -0.4 is 32.2 Å². The number of carbonyl (C=O) groups excluding carboxylic acids is 4. The summed E-state index contributed by atoms with van der Waals surface area (Å²) in [5.74, 6) is -15.5. The number of hydrogen-bond acceptors (Lipinski definition) is 16. The topological polar surface area (TPSA) is 249 Å². The van der Waals surface area contributed by atoms with E-state index in [1.807, 2.05) is 0 Å². The standard InChI is InChI=1S/C38H62F5N5O14/c39-32-33(40)35(42)37(36(43)34(32)41)62-31(51)5-11-54-16-21-58-20-15-53-10-4-29(49)48-28(38(52)47-9-14-57-19-24-59-22-17-55-12-6-44)3-1-2-8-46-30(50)27-61-26-25-60-23-18-56-13-7-45/h28H,1-27,44-45H2,(H,46,50)(H,47,52)(H,48,49). The summed E-state index contributed by atoms with van der Waals surface area (Å²) in [6, 6.07) is -0.861. The van der Waals surface area contributed by atoms with Gasteiger partial charge in [-0.1, -0.05) is 0 Å². The van der Waals surface area contributed by atoms with E-state index in [1.165, 1.54) is 0 Å². The number of esters is 1. The number of carbonyl (C=O) groups is 4. The first-order chi connectivity index (χ1) is 30.0. The maximum Gasteiger partial charge on any atom is 0.313 e. The minimum Gasteiger partial charge on any atom is -0.420 e. The quantitative estimate of drug-likeness (QED) is 0.0145. The lowest BCUT2D eigenvalue weighted by Gasteiger charge is -2.19. The van der Waals surface area contributed by atoms with Crippen molar-refractivity contribution in [2.75, 3.05) is 145 Å². The fourth-order valence-corrected chi connectivity index (χ4v) is 4.67. The maximum atomic E-state index is 13.7. The van der Waals surface area contributed by atoms with Gasteiger partial charge in [-0.2, -0.15) is 8.78 Å². The van der Waals surface area contributed by atoms with Crippen molar-refractivity contribution in [2.45, 2.75) is 38.1 Å². The molecular formula is C38H62F5N5O14. The number of benzene rings is 1. The van der Waals surface area contributed by atoms with Crippen molar-refractivity contribution in [3.8, 4) is 5.75 Å². The first-order valence-electron chi connectivity index (χ1n) is 20.2. The fraction of sp³-hybridized carbons (Fsp3) is 0.737. The van der Waals surface area contributed by atoms with E-state index < -0.39 is 65.1 Å². The van der Waals surface area contributed by atoms with Crippen LogP contribution in [0.5, 0.6) is 5.75 Å². The van der Waals surface area contributed by atoms with Gasteiger partial charge in [-0.25, -0.2) is 13.2 Å². The molecule has 0 radical (unpaired) electrons. The lowest BCUT2D eigenvalue weighted by atomic mass is 10.1. The number of halogens is 5. The molecule has 1 aromatic rings. The zero-order valence-electron chi connectivity index (χ0n) is 34.9. The van der Waals surface area contributed by atoms with Gasteiger partial charge in [0.15, 0.2) is 0 Å². The van der Waals surface area contributed by atoms with Crippen LogP contribution in [0.1, 0.15) is 32.1 Å². The number of unbranched alkanes of at least 4 members (excludes halogenated alkanes) is 1. The Balaban J connectivity index is 2.31. The van der Waals surface area contributed by atoms with E-state index in [0.29, 0.717) is 98.4 Å². The van der Waals surface area contributed by atoms with Crippen molar-refractivity contribution in [1.82, 2.24) is 16.0 Å². The Morgan fingerprint density at radius 1 is 0.468 bits per heavy atom. The molecule has 0 bridgehead atoms. The number of ether oxygens (including phenoxy) is 10. The van der Waals surface area contributed by atoms with E-state index >= 15 is 0 Å². The lowest BCUT2D eigenvalue weighted by molar-refractivity contribution is -0.136. The van der Waals surface area contributed by atoms with Gasteiger partial charge in [0.1, 0.15) is 12.6 Å². The van der Waals surface area contributed by atoms with Crippen LogP contribution in [0.3, 0.4) is 0 Å². The largest absolute Gasteiger partial charge is 0.420 e. The van der Waals surface area contributed by atoms with Gasteiger partial charge >= 0.3 is 5.97 Å². The van der Waals surface area contributed by atoms with E-state index in [4.69, 9.17) is 54.1 Å². The Kier molecular flexibility index (Phi) is 34.4. The van der Waals surface area contributed by atoms with Crippen LogP contribution in [0.4, 0.5) is 22.0 Å². The predicted octanol–water partition coefficient (Wildman–Crippen LogP) is 0.0220. The first-order valence-corrected chi connectivity index (χ1v) is 20.2. The SMILES string of the molecule is NCCOCCOCCOCCNC(=O)C(CCCCNC(=O)COCCOCCOCCN)NC(=O)CCOCCOCCOCCC(=O)Oc1c(F)c(F)c(F)c(F)c1F. The number of nitrogens with one attached hydrogen (secondary N) is 3. The minimum atomic E-state index is -2.38. The third-order valence-electron chi connectivity index (χ3n) is 7.74. The van der Waals surface area contributed by atoms with Crippen molar-refractivity contribution in [1.29, 1.82) is 0 Å². The van der Waals surface area contributed by atoms with Crippen LogP contribution in [0.25, 0.3) is 0 Å². The highest BCUT2D eigenvalue weighted by atomic mass is 19.2. The second-order valence-electron chi connectivity index (χ2n) is 12.7. The van der Waals surface area contributed by atoms with E-state index in [2.05, 4.69) is 20.7 Å². The Bertz CT molecular complexity index is 1370. The summed E-state index contributed by atoms with van der Waals surface area (Å²) >= 11 is 0. The molecule has 62 heavy (non-hydrogen) atoms. The molecule has 358 valence electrons. The molecule has 1 rings (SSSR count). The number of hydrogen-bond donors (Lipinski definition) is 5. The molecule has 0 aliphatic carbocycles. The van der Waals surface area contributed by atoms with Crippen LogP contribution in [0.2, 0.25) is 0 Å². The summed E-state index contributed by atoms with van der Waals surface area (Å²) in [4.78, 5) is 49.6. The van der Waals surface area contributed by atoms with Crippen LogP contribution in [-0.4, -0.2) is 175 Å². The molecule has 0 aliphatic rings. The third kappa shape index (κ3) is 28.1. The average Bonchev–Trinajstić information content (AvgIpc) is 3.26. The van der Waals surface area contributed by atoms with Crippen molar-refractivity contribution >= 4 is 23.7 Å². The fourth-order valence-electron chi connectivity index (χ4n) is 4.67. The van der Waals surface area contributed by atoms with Gasteiger partial charge in [0.25, 0.3) is 0 Å². The summed E-state index contributed by atoms with van der Waals surface area (Å²) in [5.41, 5.74) is 10.7. The summed E-state index contributed by atoms with van der Waals surface area (Å²) in [6.45, 7) is 5.20. The van der Waals surface area contributed by atoms with Crippen molar-refractivity contribution in [3.05, 3.63) is 29.1 Å². The molecule has 1 aromatic carbocycles. The zero-order valence-corrected chi connectivity index (χ0v) is 34.9. The molecule has 3 amide bonds. The molecule has 0 aliphatic heterocycles. The minimum absolute atomic E-state index is 0.0157. The summed E-state index contributed by atoms with van der Waals surface area (Å²) in [5, 5.41) is 8.22. The van der Waals surface area contributed by atoms with Crippen molar-refractivity contribution in [2.24, 2.45) is 11.5 Å². The molecule has 0 aromatic heterocycles. The molecule has 7 N–H and O–H groups in total. The maximum absolute atomic E-state index is 13.7. The first kappa shape index (κ1) is 56.3. The van der Waals surface area contributed by atoms with E-state index in [0.717, 1.165) is 0 Å². The lowest BCUT2D eigenvalue weighted by Crippen LogP contribution is -2.47. The smallest absolute Gasteiger partial charge is 0.313 e. The number of nitrogens with two attached hydrogens (primary N) is 2. The summed E-state index contributed by atoms with van der Waals surface area (Å²) < 4.78 is 119. The Hall–Kier alpha value is -3.69. The number of amides is 3. The van der Waals surface area contributed by atoms with E-state index in [-0.39, 0.29) is 78.3 Å². The zero-order chi connectivity index (χ0) is 45.6. The molecule has 0 heterocycles. The van der Waals surface area contributed by atoms with Gasteiger partial charge in [-0.3, -0.25) is 19.2 Å². The van der Waals surface area contributed by atoms with Gasteiger partial charge in [0.05, 0.1) is 119 Å². The van der Waals surface area contributed by atoms with Crippen LogP contribution in [0.15, 0.2) is 0 Å². The predicted molar refractivity (Wildman–Crippen MR) is 208 cm³/mol. The summed E-state index contributed by atoms with van der Waals surface area (Å²) in [7, 11) is 0. The molecule has 19 nitrogen and oxygen atoms in total. The van der Waals surface area contributed by atoms with E-state index in [1.54, 1.807) is 0 Å². The van der Waals surface area contributed by atoms with Crippen molar-refractivity contribution in [3.63, 3.8) is 0 Å². The number of rotatable bonds is 41. The highest BCUT2D eigenvalue weighted by Crippen LogP contribution is 2.29. The molecular weight excluding hydrogens is 845 g/mol. The van der Waals surface area contributed by atoms with Gasteiger partial charge < -0.3 is 74.8 Å².